The summed E-state index contributed by atoms with van der Waals surface area (Å²) in [5.41, 5.74) is 3.55. The molecule has 0 radical (unpaired) electrons. The number of rotatable bonds is 6. The van der Waals surface area contributed by atoms with Crippen molar-refractivity contribution in [1.82, 2.24) is 9.88 Å². The van der Waals surface area contributed by atoms with Crippen LogP contribution >= 0.6 is 11.6 Å². The number of nitrogens with one attached hydrogen (secondary N) is 1. The number of phenols is 1. The van der Waals surface area contributed by atoms with Crippen molar-refractivity contribution >= 4 is 34.3 Å². The van der Waals surface area contributed by atoms with Crippen LogP contribution in [0.15, 0.2) is 36.4 Å². The van der Waals surface area contributed by atoms with Gasteiger partial charge in [-0.1, -0.05) is 42.6 Å². The highest BCUT2D eigenvalue weighted by Crippen LogP contribution is 2.35. The van der Waals surface area contributed by atoms with E-state index in [9.17, 15) is 14.7 Å². The molecule has 152 valence electrons. The summed E-state index contributed by atoms with van der Waals surface area (Å²) in [6, 6.07) is 10.4. The third kappa shape index (κ3) is 4.30. The van der Waals surface area contributed by atoms with Crippen LogP contribution in [0.2, 0.25) is 5.02 Å². The smallest absolute Gasteiger partial charge is 0.262 e. The first-order chi connectivity index (χ1) is 13.8. The summed E-state index contributed by atoms with van der Waals surface area (Å²) < 4.78 is 1.57. The van der Waals surface area contributed by atoms with Gasteiger partial charge < -0.3 is 10.4 Å². The minimum Gasteiger partial charge on any atom is -0.506 e. The van der Waals surface area contributed by atoms with Crippen LogP contribution in [0.25, 0.3) is 10.9 Å². The molecule has 1 aromatic heterocycles. The Balaban J connectivity index is 2.09. The standard InChI is InChI=1S/C23H25ClN2O3/c1-4-5-10-25-22(28)12-17-15(3)26(20-13-19(24)21(27)11-18(17)20)23(29)16-8-6-14(2)7-9-16/h6-9,11,13,27H,4-5,10,12H2,1-3H3,(H,25,28). The second-order valence-corrected chi connectivity index (χ2v) is 7.68. The first-order valence-electron chi connectivity index (χ1n) is 9.74. The molecule has 0 unspecified atom stereocenters. The molecule has 0 atom stereocenters. The monoisotopic (exact) mass is 412 g/mol. The largest absolute Gasteiger partial charge is 0.506 e. The van der Waals surface area contributed by atoms with Crippen molar-refractivity contribution in [2.45, 2.75) is 40.0 Å². The van der Waals surface area contributed by atoms with Gasteiger partial charge in [-0.25, -0.2) is 0 Å². The number of unbranched alkanes of at least 4 members (excludes halogenated alkanes) is 1. The van der Waals surface area contributed by atoms with Crippen LogP contribution in [0.4, 0.5) is 0 Å². The van der Waals surface area contributed by atoms with Crippen molar-refractivity contribution in [2.75, 3.05) is 6.54 Å². The molecular weight excluding hydrogens is 388 g/mol. The number of fused-ring (bicyclic) bond motifs is 1. The maximum Gasteiger partial charge on any atom is 0.262 e. The summed E-state index contributed by atoms with van der Waals surface area (Å²) in [4.78, 5) is 25.7. The summed E-state index contributed by atoms with van der Waals surface area (Å²) in [6.45, 7) is 6.45. The summed E-state index contributed by atoms with van der Waals surface area (Å²) in [7, 11) is 0. The molecule has 2 aromatic carbocycles. The van der Waals surface area contributed by atoms with Crippen molar-refractivity contribution in [3.05, 3.63) is 63.8 Å². The lowest BCUT2D eigenvalue weighted by molar-refractivity contribution is -0.120. The number of aromatic nitrogens is 1. The molecule has 0 spiro atoms. The summed E-state index contributed by atoms with van der Waals surface area (Å²) >= 11 is 6.13. The molecule has 3 rings (SSSR count). The van der Waals surface area contributed by atoms with Gasteiger partial charge in [0.2, 0.25) is 5.91 Å². The number of benzene rings is 2. The summed E-state index contributed by atoms with van der Waals surface area (Å²) in [5.74, 6) is -0.392. The molecule has 0 saturated carbocycles. The van der Waals surface area contributed by atoms with Crippen molar-refractivity contribution in [3.63, 3.8) is 0 Å². The van der Waals surface area contributed by atoms with Gasteiger partial charge in [-0.05, 0) is 50.1 Å². The number of hydrogen-bond donors (Lipinski definition) is 2. The first-order valence-corrected chi connectivity index (χ1v) is 10.1. The number of aromatic hydroxyl groups is 1. The second kappa shape index (κ2) is 8.70. The number of phenolic OH excluding ortho intramolecular Hbond substituents is 1. The Morgan fingerprint density at radius 1 is 1.14 bits per heavy atom. The maximum atomic E-state index is 13.3. The normalized spacial score (nSPS) is 11.0. The van der Waals surface area contributed by atoms with Gasteiger partial charge in [-0.3, -0.25) is 14.2 Å². The lowest BCUT2D eigenvalue weighted by Gasteiger charge is -2.09. The lowest BCUT2D eigenvalue weighted by Crippen LogP contribution is -2.26. The molecule has 5 nitrogen and oxygen atoms in total. The molecule has 0 aliphatic carbocycles. The Hall–Kier alpha value is -2.79. The zero-order valence-electron chi connectivity index (χ0n) is 16.9. The number of carbonyl (C=O) groups excluding carboxylic acids is 2. The molecule has 0 bridgehead atoms. The van der Waals surface area contributed by atoms with Crippen LogP contribution in [-0.2, 0) is 11.2 Å². The van der Waals surface area contributed by atoms with E-state index in [4.69, 9.17) is 11.6 Å². The number of amides is 1. The van der Waals surface area contributed by atoms with E-state index in [1.54, 1.807) is 22.8 Å². The molecule has 0 aliphatic heterocycles. The zero-order valence-corrected chi connectivity index (χ0v) is 17.6. The van der Waals surface area contributed by atoms with Crippen LogP contribution in [0.5, 0.6) is 5.75 Å². The fourth-order valence-corrected chi connectivity index (χ4v) is 3.58. The van der Waals surface area contributed by atoms with Crippen LogP contribution in [0, 0.1) is 13.8 Å². The Bertz CT molecular complexity index is 1070. The molecule has 2 N–H and O–H groups in total. The Labute approximate surface area is 175 Å². The van der Waals surface area contributed by atoms with E-state index in [-0.39, 0.29) is 29.0 Å². The number of nitrogens with zero attached hydrogens (tertiary/aromatic N) is 1. The number of halogens is 1. The summed E-state index contributed by atoms with van der Waals surface area (Å²) in [6.07, 6.45) is 2.03. The predicted molar refractivity (Wildman–Crippen MR) is 116 cm³/mol. The lowest BCUT2D eigenvalue weighted by atomic mass is 10.1. The zero-order chi connectivity index (χ0) is 21.1. The van der Waals surface area contributed by atoms with Crippen molar-refractivity contribution in [2.24, 2.45) is 0 Å². The number of hydrogen-bond acceptors (Lipinski definition) is 3. The first kappa shape index (κ1) is 20.9. The van der Waals surface area contributed by atoms with E-state index in [0.29, 0.717) is 34.3 Å². The third-order valence-corrected chi connectivity index (χ3v) is 5.40. The van der Waals surface area contributed by atoms with Crippen LogP contribution in [-0.4, -0.2) is 28.0 Å². The molecule has 0 aliphatic rings. The van der Waals surface area contributed by atoms with E-state index in [1.165, 1.54) is 6.07 Å². The Morgan fingerprint density at radius 2 is 1.83 bits per heavy atom. The quantitative estimate of drug-likeness (QED) is 0.573. The molecule has 3 aromatic rings. The third-order valence-electron chi connectivity index (χ3n) is 5.09. The van der Waals surface area contributed by atoms with Gasteiger partial charge in [0.1, 0.15) is 5.75 Å². The highest BCUT2D eigenvalue weighted by atomic mass is 35.5. The maximum absolute atomic E-state index is 13.3. The Kier molecular flexibility index (Phi) is 6.28. The van der Waals surface area contributed by atoms with Gasteiger partial charge in [-0.15, -0.1) is 0 Å². The van der Waals surface area contributed by atoms with Gasteiger partial charge in [0.05, 0.1) is 17.0 Å². The van der Waals surface area contributed by atoms with Crippen LogP contribution < -0.4 is 5.32 Å². The van der Waals surface area contributed by atoms with Gasteiger partial charge in [-0.2, -0.15) is 0 Å². The molecule has 0 saturated heterocycles. The molecule has 29 heavy (non-hydrogen) atoms. The molecule has 1 heterocycles. The average molecular weight is 413 g/mol. The minimum atomic E-state index is -0.202. The van der Waals surface area contributed by atoms with E-state index in [1.807, 2.05) is 26.0 Å². The van der Waals surface area contributed by atoms with Gasteiger partial charge in [0.15, 0.2) is 0 Å². The van der Waals surface area contributed by atoms with Crippen molar-refractivity contribution in [3.8, 4) is 5.75 Å². The highest BCUT2D eigenvalue weighted by Gasteiger charge is 2.22. The van der Waals surface area contributed by atoms with E-state index < -0.39 is 0 Å². The van der Waals surface area contributed by atoms with Crippen LogP contribution in [0.3, 0.4) is 0 Å². The SMILES string of the molecule is CCCCNC(=O)Cc1c(C)n(C(=O)c2ccc(C)cc2)c2cc(Cl)c(O)cc12. The van der Waals surface area contributed by atoms with Gasteiger partial charge in [0, 0.05) is 23.2 Å². The molecule has 6 heteroatoms. The molecule has 0 fully saturated rings. The topological polar surface area (TPSA) is 71.3 Å². The van der Waals surface area contributed by atoms with Crippen molar-refractivity contribution < 1.29 is 14.7 Å². The number of aryl methyl sites for hydroxylation is 1. The van der Waals surface area contributed by atoms with E-state index in [2.05, 4.69) is 12.2 Å². The van der Waals surface area contributed by atoms with E-state index in [0.717, 1.165) is 18.4 Å². The van der Waals surface area contributed by atoms with Gasteiger partial charge >= 0.3 is 0 Å². The summed E-state index contributed by atoms with van der Waals surface area (Å²) in [5, 5.41) is 13.8. The fraction of sp³-hybridized carbons (Fsp3) is 0.304. The highest BCUT2D eigenvalue weighted by molar-refractivity contribution is 6.33. The molecule has 1 amide bonds. The van der Waals surface area contributed by atoms with E-state index >= 15 is 0 Å². The second-order valence-electron chi connectivity index (χ2n) is 7.27. The number of carbonyl (C=O) groups is 2. The Morgan fingerprint density at radius 3 is 2.48 bits per heavy atom. The van der Waals surface area contributed by atoms with Crippen molar-refractivity contribution in [1.29, 1.82) is 0 Å². The predicted octanol–water partition coefficient (Wildman–Crippen LogP) is 4.76. The minimum absolute atomic E-state index is 0.0771. The molecular formula is C23H25ClN2O3. The fourth-order valence-electron chi connectivity index (χ4n) is 3.43. The average Bonchev–Trinajstić information content (AvgIpc) is 2.93. The van der Waals surface area contributed by atoms with Gasteiger partial charge in [0.25, 0.3) is 5.91 Å². The van der Waals surface area contributed by atoms with Crippen LogP contribution in [0.1, 0.15) is 46.9 Å².